The summed E-state index contributed by atoms with van der Waals surface area (Å²) in [6.45, 7) is 2.31. The Morgan fingerprint density at radius 2 is 1.43 bits per heavy atom. The van der Waals surface area contributed by atoms with E-state index in [1.165, 1.54) is 81.0 Å². The summed E-state index contributed by atoms with van der Waals surface area (Å²) in [6, 6.07) is 55.5. The SMILES string of the molecule is CC1C=C(c2ccc3c(c2)C(c2ccccc2)(c2cc4c5ccccc5sc4c4c2[nH]c2ccccc24)c2cc(/C=C/C=C\C(=N)c4ccccc4)ccc2-3)C=CC1. The molecule has 2 nitrogen and oxygen atoms in total. The zero-order valence-electron chi connectivity index (χ0n) is 32.2. The number of hydrogen-bond donors (Lipinski definition) is 2. The second kappa shape index (κ2) is 13.7. The molecule has 0 saturated carbocycles. The van der Waals surface area contributed by atoms with Crippen LogP contribution in [0.15, 0.2) is 188 Å². The molecule has 3 heteroatoms. The van der Waals surface area contributed by atoms with Crippen LogP contribution in [0, 0.1) is 11.3 Å². The van der Waals surface area contributed by atoms with E-state index in [1.54, 1.807) is 0 Å². The standard InChI is InChI=1S/C55H40N2S/c1-35-15-14-19-38(31-35)39-28-30-42-41-29-27-36(16-8-11-24-49(56)37-17-4-2-5-18-37)32-46(41)55(47(42)33-39,40-20-6-3-7-21-40)48-34-45-43-22-10-13-26-51(43)58-54(45)52-44-23-9-12-25-50(44)57-53(48)52/h2-14,16-35,56-57H,15H2,1H3/b16-8+,24-11-,56-49?. The molecule has 58 heavy (non-hydrogen) atoms. The zero-order valence-corrected chi connectivity index (χ0v) is 33.0. The zero-order chi connectivity index (χ0) is 38.8. The molecule has 11 rings (SSSR count). The normalized spacial score (nSPS) is 17.5. The first-order valence-corrected chi connectivity index (χ1v) is 21.0. The van der Waals surface area contributed by atoms with E-state index in [1.807, 2.05) is 53.8 Å². The van der Waals surface area contributed by atoms with Crippen molar-refractivity contribution in [3.8, 4) is 11.1 Å². The predicted octanol–water partition coefficient (Wildman–Crippen LogP) is 14.7. The number of aromatic nitrogens is 1. The van der Waals surface area contributed by atoms with Gasteiger partial charge in [-0.1, -0.05) is 165 Å². The number of allylic oxidation sites excluding steroid dienone is 7. The van der Waals surface area contributed by atoms with E-state index in [0.29, 0.717) is 11.6 Å². The highest BCUT2D eigenvalue weighted by Crippen LogP contribution is 2.59. The molecule has 0 spiro atoms. The highest BCUT2D eigenvalue weighted by Gasteiger charge is 2.48. The second-order valence-corrected chi connectivity index (χ2v) is 16.8. The summed E-state index contributed by atoms with van der Waals surface area (Å²) in [6.07, 6.45) is 16.2. The van der Waals surface area contributed by atoms with Gasteiger partial charge in [-0.25, -0.2) is 0 Å². The molecule has 276 valence electrons. The van der Waals surface area contributed by atoms with E-state index in [4.69, 9.17) is 5.41 Å². The number of hydrogen-bond acceptors (Lipinski definition) is 2. The van der Waals surface area contributed by atoms with Gasteiger partial charge in [-0.05, 0) is 104 Å². The first-order valence-electron chi connectivity index (χ1n) is 20.2. The number of fused-ring (bicyclic) bond motifs is 10. The lowest BCUT2D eigenvalue weighted by Crippen LogP contribution is -2.29. The summed E-state index contributed by atoms with van der Waals surface area (Å²) in [5.41, 5.74) is 14.3. The summed E-state index contributed by atoms with van der Waals surface area (Å²) >= 11 is 1.90. The van der Waals surface area contributed by atoms with Crippen LogP contribution in [0.25, 0.3) is 64.8 Å². The molecule has 2 unspecified atom stereocenters. The van der Waals surface area contributed by atoms with Crippen LogP contribution in [0.3, 0.4) is 0 Å². The Morgan fingerprint density at radius 3 is 2.26 bits per heavy atom. The lowest BCUT2D eigenvalue weighted by Gasteiger charge is -2.35. The van der Waals surface area contributed by atoms with Crippen LogP contribution in [0.5, 0.6) is 0 Å². The summed E-state index contributed by atoms with van der Waals surface area (Å²) in [4.78, 5) is 4.02. The average Bonchev–Trinajstić information content (AvgIpc) is 3.93. The van der Waals surface area contributed by atoms with Crippen molar-refractivity contribution < 1.29 is 0 Å². The molecule has 2 aromatic heterocycles. The van der Waals surface area contributed by atoms with Crippen molar-refractivity contribution >= 4 is 70.7 Å². The minimum absolute atomic E-state index is 0.490. The fourth-order valence-corrected chi connectivity index (χ4v) is 10.9. The van der Waals surface area contributed by atoms with Crippen LogP contribution >= 0.6 is 11.3 Å². The molecular formula is C55H40N2S. The van der Waals surface area contributed by atoms with Gasteiger partial charge in [0.25, 0.3) is 0 Å². The van der Waals surface area contributed by atoms with E-state index < -0.39 is 5.41 Å². The number of aromatic amines is 1. The Balaban J connectivity index is 1.22. The van der Waals surface area contributed by atoms with Crippen LogP contribution < -0.4 is 0 Å². The maximum absolute atomic E-state index is 8.60. The number of nitrogens with one attached hydrogen (secondary N) is 2. The topological polar surface area (TPSA) is 39.6 Å². The molecule has 0 bridgehead atoms. The predicted molar refractivity (Wildman–Crippen MR) is 248 cm³/mol. The molecule has 0 amide bonds. The van der Waals surface area contributed by atoms with Crippen LogP contribution in [0.2, 0.25) is 0 Å². The highest BCUT2D eigenvalue weighted by atomic mass is 32.1. The number of benzene rings is 7. The molecule has 0 aliphatic heterocycles. The van der Waals surface area contributed by atoms with Crippen molar-refractivity contribution in [2.45, 2.75) is 18.8 Å². The summed E-state index contributed by atoms with van der Waals surface area (Å²) in [5.74, 6) is 0.490. The molecule has 0 fully saturated rings. The van der Waals surface area contributed by atoms with Gasteiger partial charge >= 0.3 is 0 Å². The van der Waals surface area contributed by atoms with Crippen LogP contribution in [0.1, 0.15) is 52.3 Å². The first-order chi connectivity index (χ1) is 28.6. The van der Waals surface area contributed by atoms with Gasteiger partial charge in [-0.2, -0.15) is 0 Å². The fourth-order valence-electron chi connectivity index (χ4n) is 9.62. The molecule has 2 atom stereocenters. The largest absolute Gasteiger partial charge is 0.354 e. The summed E-state index contributed by atoms with van der Waals surface area (Å²) in [5, 5.41) is 13.7. The summed E-state index contributed by atoms with van der Waals surface area (Å²) in [7, 11) is 0. The van der Waals surface area contributed by atoms with Gasteiger partial charge in [0.15, 0.2) is 0 Å². The van der Waals surface area contributed by atoms with Gasteiger partial charge in [-0.15, -0.1) is 11.3 Å². The lowest BCUT2D eigenvalue weighted by atomic mass is 9.66. The first kappa shape index (κ1) is 34.4. The molecule has 0 radical (unpaired) electrons. The number of thiophene rings is 1. The molecule has 2 N–H and O–H groups in total. The van der Waals surface area contributed by atoms with Crippen molar-refractivity contribution in [1.82, 2.24) is 4.98 Å². The number of para-hydroxylation sites is 1. The summed E-state index contributed by atoms with van der Waals surface area (Å²) < 4.78 is 2.62. The van der Waals surface area contributed by atoms with Crippen LogP contribution in [0.4, 0.5) is 0 Å². The second-order valence-electron chi connectivity index (χ2n) is 15.7. The molecule has 7 aromatic carbocycles. The molecule has 2 heterocycles. The van der Waals surface area contributed by atoms with Crippen molar-refractivity contribution in [2.75, 3.05) is 0 Å². The molecule has 2 aliphatic rings. The third-order valence-electron chi connectivity index (χ3n) is 12.2. The highest BCUT2D eigenvalue weighted by molar-refractivity contribution is 7.26. The van der Waals surface area contributed by atoms with Crippen molar-refractivity contribution in [1.29, 1.82) is 5.41 Å². The van der Waals surface area contributed by atoms with Gasteiger partial charge in [0.2, 0.25) is 0 Å². The third kappa shape index (κ3) is 5.35. The van der Waals surface area contributed by atoms with Gasteiger partial charge in [-0.3, -0.25) is 0 Å². The quantitative estimate of drug-likeness (QED) is 0.120. The minimum atomic E-state index is -0.655. The Labute approximate surface area is 342 Å². The Kier molecular flexibility index (Phi) is 8.13. The van der Waals surface area contributed by atoms with Crippen molar-refractivity contribution in [2.24, 2.45) is 5.92 Å². The van der Waals surface area contributed by atoms with Crippen LogP contribution in [-0.2, 0) is 5.41 Å². The van der Waals surface area contributed by atoms with Gasteiger partial charge < -0.3 is 10.4 Å². The molecular weight excluding hydrogens is 721 g/mol. The Bertz CT molecular complexity index is 3230. The maximum Gasteiger partial charge on any atom is 0.0734 e. The van der Waals surface area contributed by atoms with Gasteiger partial charge in [0.1, 0.15) is 0 Å². The van der Waals surface area contributed by atoms with Crippen molar-refractivity contribution in [3.05, 3.63) is 227 Å². The minimum Gasteiger partial charge on any atom is -0.354 e. The van der Waals surface area contributed by atoms with Gasteiger partial charge in [0, 0.05) is 36.5 Å². The van der Waals surface area contributed by atoms with E-state index in [0.717, 1.165) is 23.1 Å². The third-order valence-corrected chi connectivity index (χ3v) is 13.5. The monoisotopic (exact) mass is 760 g/mol. The fraction of sp³-hybridized carbons (Fsp3) is 0.0727. The smallest absolute Gasteiger partial charge is 0.0734 e. The molecule has 9 aromatic rings. The molecule has 0 saturated heterocycles. The molecule has 2 aliphatic carbocycles. The van der Waals surface area contributed by atoms with E-state index in [-0.39, 0.29) is 0 Å². The van der Waals surface area contributed by atoms with E-state index >= 15 is 0 Å². The van der Waals surface area contributed by atoms with Gasteiger partial charge in [0.05, 0.1) is 16.6 Å². The Hall–Kier alpha value is -6.81. The van der Waals surface area contributed by atoms with E-state index in [2.05, 4.69) is 164 Å². The lowest BCUT2D eigenvalue weighted by molar-refractivity contribution is 0.739. The Morgan fingerprint density at radius 1 is 0.707 bits per heavy atom. The number of H-pyrrole nitrogens is 1. The van der Waals surface area contributed by atoms with Crippen LogP contribution in [-0.4, -0.2) is 10.7 Å². The average molecular weight is 761 g/mol. The number of rotatable bonds is 7. The van der Waals surface area contributed by atoms with E-state index in [9.17, 15) is 0 Å². The van der Waals surface area contributed by atoms with Crippen molar-refractivity contribution in [3.63, 3.8) is 0 Å². The maximum atomic E-state index is 8.60.